The highest BCUT2D eigenvalue weighted by molar-refractivity contribution is 5.93. The molecule has 1 fully saturated rings. The van der Waals surface area contributed by atoms with Crippen molar-refractivity contribution in [2.45, 2.75) is 24.9 Å². The highest BCUT2D eigenvalue weighted by Crippen LogP contribution is 2.36. The second-order valence-electron chi connectivity index (χ2n) is 6.06. The van der Waals surface area contributed by atoms with E-state index in [-0.39, 0.29) is 18.4 Å². The Morgan fingerprint density at radius 1 is 1.44 bits per heavy atom. The Morgan fingerprint density at radius 2 is 2.28 bits per heavy atom. The zero-order valence-electron chi connectivity index (χ0n) is 13.9. The van der Waals surface area contributed by atoms with E-state index in [9.17, 15) is 9.59 Å². The minimum absolute atomic E-state index is 0.0248. The average molecular weight is 340 g/mol. The van der Waals surface area contributed by atoms with Gasteiger partial charge in [-0.25, -0.2) is 0 Å². The molecule has 2 aliphatic heterocycles. The molecule has 0 radical (unpaired) electrons. The maximum Gasteiger partial charge on any atom is 0.269 e. The van der Waals surface area contributed by atoms with Gasteiger partial charge in [-0.15, -0.1) is 12.3 Å². The Kier molecular flexibility index (Phi) is 4.93. The number of anilines is 1. The van der Waals surface area contributed by atoms with Crippen LogP contribution in [-0.2, 0) is 4.79 Å². The Bertz CT molecular complexity index is 733. The van der Waals surface area contributed by atoms with Crippen LogP contribution < -0.4 is 15.5 Å². The molecule has 2 N–H and O–H groups in total. The van der Waals surface area contributed by atoms with E-state index in [4.69, 9.17) is 6.42 Å². The molecular weight excluding hydrogens is 320 g/mol. The van der Waals surface area contributed by atoms with E-state index in [1.807, 2.05) is 4.90 Å². The topological polar surface area (TPSA) is 99.1 Å². The first-order valence-electron chi connectivity index (χ1n) is 8.25. The summed E-state index contributed by atoms with van der Waals surface area (Å²) < 4.78 is 0. The van der Waals surface area contributed by atoms with Gasteiger partial charge in [0.2, 0.25) is 5.91 Å². The monoisotopic (exact) mass is 340 g/mol. The number of terminal acetylenes is 1. The molecule has 0 aromatic carbocycles. The molecular formula is C17H20N6O2. The number of pyridine rings is 1. The number of nitrogens with one attached hydrogen (secondary N) is 2. The van der Waals surface area contributed by atoms with Gasteiger partial charge in [0, 0.05) is 50.8 Å². The molecule has 2 aliphatic rings. The first-order valence-corrected chi connectivity index (χ1v) is 8.25. The molecule has 3 heterocycles. The summed E-state index contributed by atoms with van der Waals surface area (Å²) in [6, 6.07) is 3.50. The van der Waals surface area contributed by atoms with E-state index in [1.165, 1.54) is 0 Å². The zero-order chi connectivity index (χ0) is 17.7. The molecule has 0 atom stereocenters. The summed E-state index contributed by atoms with van der Waals surface area (Å²) in [4.78, 5) is 29.8. The molecule has 1 saturated heterocycles. The van der Waals surface area contributed by atoms with E-state index in [0.29, 0.717) is 44.6 Å². The van der Waals surface area contributed by atoms with Gasteiger partial charge < -0.3 is 15.5 Å². The molecule has 1 aromatic heterocycles. The lowest BCUT2D eigenvalue weighted by atomic mass is 10.0. The Morgan fingerprint density at radius 3 is 3.00 bits per heavy atom. The van der Waals surface area contributed by atoms with Crippen LogP contribution in [0.15, 0.2) is 28.6 Å². The van der Waals surface area contributed by atoms with Crippen LogP contribution in [0.3, 0.4) is 0 Å². The van der Waals surface area contributed by atoms with Crippen LogP contribution in [0.5, 0.6) is 0 Å². The maximum atomic E-state index is 12.3. The second kappa shape index (κ2) is 7.30. The fourth-order valence-electron chi connectivity index (χ4n) is 2.73. The number of carbonyl (C=O) groups excluding carboxylic acids is 2. The molecule has 2 amide bonds. The first-order chi connectivity index (χ1) is 12.1. The highest BCUT2D eigenvalue weighted by Gasteiger charge is 2.38. The molecule has 25 heavy (non-hydrogen) atoms. The van der Waals surface area contributed by atoms with Gasteiger partial charge in [-0.1, -0.05) is 0 Å². The summed E-state index contributed by atoms with van der Waals surface area (Å²) in [6.07, 6.45) is 8.80. The number of carbonyl (C=O) groups is 2. The molecule has 0 saturated carbocycles. The normalized spacial score (nSPS) is 17.6. The third-order valence-corrected chi connectivity index (χ3v) is 4.24. The number of aromatic nitrogens is 1. The molecule has 8 heteroatoms. The number of hydrogen-bond acceptors (Lipinski definition) is 6. The zero-order valence-corrected chi connectivity index (χ0v) is 13.9. The van der Waals surface area contributed by atoms with E-state index >= 15 is 0 Å². The average Bonchev–Trinajstić information content (AvgIpc) is 3.40. The number of amides is 2. The third-order valence-electron chi connectivity index (χ3n) is 4.24. The van der Waals surface area contributed by atoms with Gasteiger partial charge in [0.25, 0.3) is 5.91 Å². The largest absolute Gasteiger partial charge is 0.360 e. The lowest BCUT2D eigenvalue weighted by Gasteiger charge is -2.28. The molecule has 3 rings (SSSR count). The van der Waals surface area contributed by atoms with Crippen molar-refractivity contribution in [3.05, 3.63) is 24.0 Å². The van der Waals surface area contributed by atoms with Crippen molar-refractivity contribution < 1.29 is 9.59 Å². The molecule has 1 aromatic rings. The second-order valence-corrected chi connectivity index (χ2v) is 6.06. The Balaban J connectivity index is 1.53. The predicted molar refractivity (Wildman–Crippen MR) is 92.1 cm³/mol. The van der Waals surface area contributed by atoms with Crippen LogP contribution in [-0.4, -0.2) is 48.6 Å². The molecule has 8 nitrogen and oxygen atoms in total. The Labute approximate surface area is 146 Å². The summed E-state index contributed by atoms with van der Waals surface area (Å²) in [5, 5.41) is 13.7. The van der Waals surface area contributed by atoms with Crippen molar-refractivity contribution in [2.24, 2.45) is 10.2 Å². The number of nitrogens with zero attached hydrogens (tertiary/aromatic N) is 4. The van der Waals surface area contributed by atoms with Gasteiger partial charge >= 0.3 is 0 Å². The van der Waals surface area contributed by atoms with Crippen LogP contribution in [0.4, 0.5) is 5.69 Å². The van der Waals surface area contributed by atoms with E-state index in [0.717, 1.165) is 5.69 Å². The van der Waals surface area contributed by atoms with Crippen molar-refractivity contribution in [2.75, 3.05) is 31.1 Å². The molecule has 0 bridgehead atoms. The van der Waals surface area contributed by atoms with Crippen molar-refractivity contribution in [1.29, 1.82) is 0 Å². The molecule has 0 unspecified atom stereocenters. The number of rotatable bonds is 7. The van der Waals surface area contributed by atoms with Crippen molar-refractivity contribution in [3.63, 3.8) is 0 Å². The minimum Gasteiger partial charge on any atom is -0.360 e. The van der Waals surface area contributed by atoms with Crippen LogP contribution in [0.2, 0.25) is 0 Å². The Hall–Kier alpha value is -2.95. The lowest BCUT2D eigenvalue weighted by molar-refractivity contribution is -0.120. The standard InChI is InChI=1S/C17H20N6O2/c1-2-3-5-17(21-22-17)6-8-20-16(25)14-11-13(4-7-18-14)23-10-9-19-15(24)12-23/h1,4,7,11H,3,5-6,8-10,12H2,(H,19,24)(H,20,25). The lowest BCUT2D eigenvalue weighted by Crippen LogP contribution is -2.47. The van der Waals surface area contributed by atoms with Gasteiger partial charge in [-0.05, 0) is 12.1 Å². The van der Waals surface area contributed by atoms with Crippen LogP contribution in [0.25, 0.3) is 0 Å². The van der Waals surface area contributed by atoms with E-state index in [2.05, 4.69) is 31.8 Å². The van der Waals surface area contributed by atoms with Crippen LogP contribution >= 0.6 is 0 Å². The quantitative estimate of drug-likeness (QED) is 0.714. The summed E-state index contributed by atoms with van der Waals surface area (Å²) in [5.74, 6) is 2.30. The summed E-state index contributed by atoms with van der Waals surface area (Å²) in [5.41, 5.74) is 0.731. The smallest absolute Gasteiger partial charge is 0.269 e. The van der Waals surface area contributed by atoms with Gasteiger partial charge in [0.15, 0.2) is 5.66 Å². The molecule has 0 aliphatic carbocycles. The van der Waals surface area contributed by atoms with Crippen LogP contribution in [0.1, 0.15) is 29.8 Å². The highest BCUT2D eigenvalue weighted by atomic mass is 16.2. The van der Waals surface area contributed by atoms with Crippen molar-refractivity contribution in [3.8, 4) is 12.3 Å². The number of piperazine rings is 1. The van der Waals surface area contributed by atoms with Crippen molar-refractivity contribution >= 4 is 17.5 Å². The van der Waals surface area contributed by atoms with E-state index in [1.54, 1.807) is 18.3 Å². The first kappa shape index (κ1) is 16.9. The van der Waals surface area contributed by atoms with Gasteiger partial charge in [0.05, 0.1) is 6.54 Å². The summed E-state index contributed by atoms with van der Waals surface area (Å²) >= 11 is 0. The maximum absolute atomic E-state index is 12.3. The van der Waals surface area contributed by atoms with Gasteiger partial charge in [-0.2, -0.15) is 10.2 Å². The molecule has 130 valence electrons. The van der Waals surface area contributed by atoms with Crippen LogP contribution in [0, 0.1) is 12.3 Å². The minimum atomic E-state index is -0.407. The molecule has 0 spiro atoms. The van der Waals surface area contributed by atoms with Gasteiger partial charge in [0.1, 0.15) is 5.69 Å². The fourth-order valence-corrected chi connectivity index (χ4v) is 2.73. The van der Waals surface area contributed by atoms with Crippen molar-refractivity contribution in [1.82, 2.24) is 15.6 Å². The van der Waals surface area contributed by atoms with Gasteiger partial charge in [-0.3, -0.25) is 14.6 Å². The summed E-state index contributed by atoms with van der Waals surface area (Å²) in [7, 11) is 0. The summed E-state index contributed by atoms with van der Waals surface area (Å²) in [6.45, 7) is 2.03. The third kappa shape index (κ3) is 4.32. The number of hydrogen-bond donors (Lipinski definition) is 2. The predicted octanol–water partition coefficient (Wildman–Crippen LogP) is 0.713. The fraction of sp³-hybridized carbons (Fsp3) is 0.471. The SMILES string of the molecule is C#CCCC1(CCNC(=O)c2cc(N3CCNC(=O)C3)ccn2)N=N1. The van der Waals surface area contributed by atoms with E-state index < -0.39 is 5.66 Å².